The zero-order valence-corrected chi connectivity index (χ0v) is 13.6. The third-order valence-electron chi connectivity index (χ3n) is 4.17. The van der Waals surface area contributed by atoms with E-state index in [0.29, 0.717) is 5.56 Å². The Morgan fingerprint density at radius 1 is 1.29 bits per heavy atom. The average Bonchev–Trinajstić information content (AvgIpc) is 2.82. The fourth-order valence-electron chi connectivity index (χ4n) is 2.90. The van der Waals surface area contributed by atoms with Crippen LogP contribution < -0.4 is 15.5 Å². The van der Waals surface area contributed by atoms with Crippen molar-refractivity contribution in [3.63, 3.8) is 0 Å². The van der Waals surface area contributed by atoms with Crippen molar-refractivity contribution in [2.75, 3.05) is 25.5 Å². The summed E-state index contributed by atoms with van der Waals surface area (Å²) in [5.41, 5.74) is 5.41. The number of fused-ring (bicyclic) bond motifs is 1. The van der Waals surface area contributed by atoms with Gasteiger partial charge in [0.05, 0.1) is 7.11 Å². The van der Waals surface area contributed by atoms with Crippen LogP contribution >= 0.6 is 0 Å². The van der Waals surface area contributed by atoms with Gasteiger partial charge >= 0.3 is 0 Å². The molecule has 0 saturated heterocycles. The van der Waals surface area contributed by atoms with Crippen LogP contribution in [0.25, 0.3) is 0 Å². The van der Waals surface area contributed by atoms with Gasteiger partial charge in [0, 0.05) is 37.4 Å². The number of hydrogen-bond donors (Lipinski definition) is 3. The maximum absolute atomic E-state index is 11.6. The van der Waals surface area contributed by atoms with Crippen molar-refractivity contribution in [3.8, 4) is 5.75 Å². The number of hydrogen-bond acceptors (Lipinski definition) is 5. The van der Waals surface area contributed by atoms with E-state index in [-0.39, 0.29) is 0 Å². The molecule has 0 aromatic heterocycles. The van der Waals surface area contributed by atoms with Crippen LogP contribution in [0.2, 0.25) is 0 Å². The average molecular weight is 327 g/mol. The van der Waals surface area contributed by atoms with Crippen molar-refractivity contribution in [3.05, 3.63) is 59.2 Å². The van der Waals surface area contributed by atoms with Crippen molar-refractivity contribution in [2.45, 2.75) is 13.1 Å². The van der Waals surface area contributed by atoms with Gasteiger partial charge in [0.15, 0.2) is 0 Å². The van der Waals surface area contributed by atoms with Crippen molar-refractivity contribution in [2.24, 2.45) is 0 Å². The lowest BCUT2D eigenvalue weighted by atomic mass is 10.1. The molecule has 1 aliphatic rings. The summed E-state index contributed by atoms with van der Waals surface area (Å²) in [6.07, 6.45) is 0. The summed E-state index contributed by atoms with van der Waals surface area (Å²) in [5.74, 6) is 0.352. The van der Waals surface area contributed by atoms with E-state index in [2.05, 4.69) is 22.3 Å². The molecule has 126 valence electrons. The minimum atomic E-state index is -0.497. The van der Waals surface area contributed by atoms with E-state index in [1.54, 1.807) is 18.7 Å². The zero-order chi connectivity index (χ0) is 16.9. The Labute approximate surface area is 141 Å². The molecule has 0 aliphatic carbocycles. The van der Waals surface area contributed by atoms with E-state index < -0.39 is 5.91 Å². The summed E-state index contributed by atoms with van der Waals surface area (Å²) >= 11 is 0. The van der Waals surface area contributed by atoms with Crippen molar-refractivity contribution < 1.29 is 14.7 Å². The third-order valence-corrected chi connectivity index (χ3v) is 4.17. The molecule has 0 unspecified atom stereocenters. The highest BCUT2D eigenvalue weighted by Crippen LogP contribution is 2.23. The number of carbonyl (C=O) groups is 1. The fraction of sp³-hybridized carbons (Fsp3) is 0.278. The number of hydroxylamine groups is 1. The topological polar surface area (TPSA) is 73.8 Å². The second-order valence-electron chi connectivity index (χ2n) is 5.80. The molecule has 2 aromatic rings. The van der Waals surface area contributed by atoms with E-state index in [9.17, 15) is 4.79 Å². The third kappa shape index (κ3) is 3.67. The predicted octanol–water partition coefficient (Wildman–Crippen LogP) is 2.24. The van der Waals surface area contributed by atoms with Gasteiger partial charge in [-0.05, 0) is 41.5 Å². The normalized spacial score (nSPS) is 14.2. The molecule has 0 atom stereocenters. The fourth-order valence-corrected chi connectivity index (χ4v) is 2.90. The number of carbonyl (C=O) groups excluding carboxylic acids is 1. The second kappa shape index (κ2) is 7.33. The number of anilines is 1. The molecule has 1 heterocycles. The quantitative estimate of drug-likeness (QED) is 0.593. The van der Waals surface area contributed by atoms with Gasteiger partial charge in [0.1, 0.15) is 5.75 Å². The van der Waals surface area contributed by atoms with E-state index in [1.165, 1.54) is 5.56 Å². The van der Waals surface area contributed by atoms with Gasteiger partial charge in [-0.25, -0.2) is 5.48 Å². The van der Waals surface area contributed by atoms with E-state index >= 15 is 0 Å². The molecule has 3 rings (SSSR count). The Morgan fingerprint density at radius 3 is 2.79 bits per heavy atom. The molecule has 0 radical (unpaired) electrons. The lowest BCUT2D eigenvalue weighted by Crippen LogP contribution is -2.25. The summed E-state index contributed by atoms with van der Waals surface area (Å²) in [7, 11) is 1.66. The van der Waals surface area contributed by atoms with Crippen LogP contribution in [-0.4, -0.2) is 36.2 Å². The zero-order valence-electron chi connectivity index (χ0n) is 13.6. The van der Waals surface area contributed by atoms with Gasteiger partial charge in [-0.3, -0.25) is 14.9 Å². The molecule has 3 N–H and O–H groups in total. The highest BCUT2D eigenvalue weighted by Gasteiger charge is 2.16. The number of nitrogens with zero attached hydrogens (tertiary/aromatic N) is 1. The number of ether oxygens (including phenoxy) is 1. The largest absolute Gasteiger partial charge is 0.497 e. The SMILES string of the molecule is COc1ccc(CN2CCNc3ccc(C(=O)NO)cc3C2)cc1. The second-order valence-corrected chi connectivity index (χ2v) is 5.80. The van der Waals surface area contributed by atoms with Crippen LogP contribution in [0.3, 0.4) is 0 Å². The molecule has 2 aromatic carbocycles. The molecule has 0 bridgehead atoms. The predicted molar refractivity (Wildman–Crippen MR) is 91.3 cm³/mol. The van der Waals surface area contributed by atoms with Gasteiger partial charge < -0.3 is 10.1 Å². The molecule has 0 fully saturated rings. The first kappa shape index (κ1) is 16.3. The molecule has 1 aliphatic heterocycles. The van der Waals surface area contributed by atoms with Crippen LogP contribution in [0, 0.1) is 0 Å². The summed E-state index contributed by atoms with van der Waals surface area (Å²) in [6, 6.07) is 13.5. The van der Waals surface area contributed by atoms with Gasteiger partial charge in [-0.2, -0.15) is 0 Å². The van der Waals surface area contributed by atoms with E-state index in [4.69, 9.17) is 9.94 Å². The number of nitrogens with one attached hydrogen (secondary N) is 2. The van der Waals surface area contributed by atoms with Crippen LogP contribution in [-0.2, 0) is 13.1 Å². The molecule has 1 amide bonds. The minimum absolute atomic E-state index is 0.448. The first-order valence-corrected chi connectivity index (χ1v) is 7.86. The Balaban J connectivity index is 1.76. The first-order valence-electron chi connectivity index (χ1n) is 7.86. The number of benzene rings is 2. The van der Waals surface area contributed by atoms with Gasteiger partial charge in [-0.15, -0.1) is 0 Å². The summed E-state index contributed by atoms with van der Waals surface area (Å²) in [6.45, 7) is 3.30. The molecular formula is C18H21N3O3. The standard InChI is InChI=1S/C18H21N3O3/c1-24-16-5-2-13(3-6-16)11-21-9-8-19-17-7-4-14(18(22)20-23)10-15(17)12-21/h2-7,10,19,23H,8-9,11-12H2,1H3,(H,20,22). The minimum Gasteiger partial charge on any atom is -0.497 e. The van der Waals surface area contributed by atoms with Gasteiger partial charge in [0.25, 0.3) is 5.91 Å². The van der Waals surface area contributed by atoms with Crippen molar-refractivity contribution in [1.82, 2.24) is 10.4 Å². The lowest BCUT2D eigenvalue weighted by Gasteiger charge is -2.20. The molecule has 6 heteroatoms. The molecule has 24 heavy (non-hydrogen) atoms. The Morgan fingerprint density at radius 2 is 2.08 bits per heavy atom. The first-order chi connectivity index (χ1) is 11.7. The highest BCUT2D eigenvalue weighted by molar-refractivity contribution is 5.94. The van der Waals surface area contributed by atoms with Gasteiger partial charge in [0.2, 0.25) is 0 Å². The summed E-state index contributed by atoms with van der Waals surface area (Å²) in [4.78, 5) is 13.9. The van der Waals surface area contributed by atoms with Crippen LogP contribution in [0.5, 0.6) is 5.75 Å². The monoisotopic (exact) mass is 327 g/mol. The maximum atomic E-state index is 11.6. The highest BCUT2D eigenvalue weighted by atomic mass is 16.5. The van der Waals surface area contributed by atoms with Crippen LogP contribution in [0.1, 0.15) is 21.5 Å². The van der Waals surface area contributed by atoms with Gasteiger partial charge in [-0.1, -0.05) is 12.1 Å². The Hall–Kier alpha value is -2.57. The smallest absolute Gasteiger partial charge is 0.274 e. The lowest BCUT2D eigenvalue weighted by molar-refractivity contribution is 0.0706. The molecule has 0 spiro atoms. The van der Waals surface area contributed by atoms with Crippen LogP contribution in [0.4, 0.5) is 5.69 Å². The van der Waals surface area contributed by atoms with E-state index in [1.807, 2.05) is 24.3 Å². The van der Waals surface area contributed by atoms with Crippen molar-refractivity contribution >= 4 is 11.6 Å². The molecular weight excluding hydrogens is 306 g/mol. The molecule has 6 nitrogen and oxygen atoms in total. The number of amides is 1. The van der Waals surface area contributed by atoms with Crippen LogP contribution in [0.15, 0.2) is 42.5 Å². The Bertz CT molecular complexity index is 716. The summed E-state index contributed by atoms with van der Waals surface area (Å²) < 4.78 is 5.19. The summed E-state index contributed by atoms with van der Waals surface area (Å²) in [5, 5.41) is 12.2. The number of methoxy groups -OCH3 is 1. The number of rotatable bonds is 4. The maximum Gasteiger partial charge on any atom is 0.274 e. The molecule has 0 saturated carbocycles. The van der Waals surface area contributed by atoms with Crippen molar-refractivity contribution in [1.29, 1.82) is 0 Å². The Kier molecular flexibility index (Phi) is 4.98. The van der Waals surface area contributed by atoms with E-state index in [0.717, 1.165) is 43.2 Å².